The van der Waals surface area contributed by atoms with Crippen molar-refractivity contribution in [3.8, 4) is 0 Å². The highest BCUT2D eigenvalue weighted by Gasteiger charge is 2.14. The molecule has 0 fully saturated rings. The summed E-state index contributed by atoms with van der Waals surface area (Å²) in [5, 5.41) is 13.2. The van der Waals surface area contributed by atoms with Crippen LogP contribution in [-0.4, -0.2) is 36.9 Å². The van der Waals surface area contributed by atoms with Crippen molar-refractivity contribution in [2.75, 3.05) is 19.0 Å². The predicted molar refractivity (Wildman–Crippen MR) is 71.5 cm³/mol. The number of aliphatic carboxylic acids is 1. The fourth-order valence-corrected chi connectivity index (χ4v) is 1.58. The van der Waals surface area contributed by atoms with E-state index in [9.17, 15) is 14.0 Å². The van der Waals surface area contributed by atoms with Crippen LogP contribution in [0.3, 0.4) is 0 Å². The summed E-state index contributed by atoms with van der Waals surface area (Å²) >= 11 is 5.57. The quantitative estimate of drug-likeness (QED) is 0.751. The molecule has 8 heteroatoms. The van der Waals surface area contributed by atoms with Gasteiger partial charge in [0.05, 0.1) is 23.2 Å². The average molecular weight is 305 g/mol. The van der Waals surface area contributed by atoms with E-state index >= 15 is 0 Å². The first-order chi connectivity index (χ1) is 9.43. The van der Waals surface area contributed by atoms with Crippen molar-refractivity contribution in [2.24, 2.45) is 0 Å². The number of benzene rings is 1. The minimum atomic E-state index is -1.04. The number of hydrogen-bond donors (Lipinski definition) is 3. The fraction of sp³-hybridized carbons (Fsp3) is 0.333. The van der Waals surface area contributed by atoms with Crippen molar-refractivity contribution in [2.45, 2.75) is 12.5 Å². The van der Waals surface area contributed by atoms with Gasteiger partial charge in [-0.2, -0.15) is 0 Å². The summed E-state index contributed by atoms with van der Waals surface area (Å²) in [5.74, 6) is -1.78. The SMILES string of the molecule is COC(CNC(=O)Nc1cccc(Cl)c1F)CC(=O)O. The fourth-order valence-electron chi connectivity index (χ4n) is 1.41. The molecule has 2 amide bonds. The third kappa shape index (κ3) is 5.02. The third-order valence-electron chi connectivity index (χ3n) is 2.43. The molecular formula is C12H14ClFN2O4. The molecule has 0 heterocycles. The van der Waals surface area contributed by atoms with Gasteiger partial charge in [-0.25, -0.2) is 9.18 Å². The van der Waals surface area contributed by atoms with Crippen molar-refractivity contribution >= 4 is 29.3 Å². The molecular weight excluding hydrogens is 291 g/mol. The van der Waals surface area contributed by atoms with E-state index in [4.69, 9.17) is 21.4 Å². The molecule has 1 unspecified atom stereocenters. The highest BCUT2D eigenvalue weighted by Crippen LogP contribution is 2.21. The molecule has 0 bridgehead atoms. The number of methoxy groups -OCH3 is 1. The monoisotopic (exact) mass is 304 g/mol. The maximum atomic E-state index is 13.5. The van der Waals surface area contributed by atoms with Gasteiger partial charge in [0.25, 0.3) is 0 Å². The van der Waals surface area contributed by atoms with Crippen molar-refractivity contribution < 1.29 is 23.8 Å². The second-order valence-corrected chi connectivity index (χ2v) is 4.30. The van der Waals surface area contributed by atoms with Gasteiger partial charge in [-0.05, 0) is 12.1 Å². The van der Waals surface area contributed by atoms with Gasteiger partial charge in [0.2, 0.25) is 0 Å². The van der Waals surface area contributed by atoms with Crippen molar-refractivity contribution in [3.63, 3.8) is 0 Å². The lowest BCUT2D eigenvalue weighted by Crippen LogP contribution is -2.37. The summed E-state index contributed by atoms with van der Waals surface area (Å²) in [4.78, 5) is 22.1. The molecule has 20 heavy (non-hydrogen) atoms. The molecule has 0 aliphatic rings. The number of carboxylic acids is 1. The lowest BCUT2D eigenvalue weighted by Gasteiger charge is -2.14. The van der Waals surface area contributed by atoms with E-state index in [2.05, 4.69) is 10.6 Å². The number of anilines is 1. The first kappa shape index (κ1) is 16.2. The number of nitrogens with one attached hydrogen (secondary N) is 2. The van der Waals surface area contributed by atoms with Crippen molar-refractivity contribution in [3.05, 3.63) is 29.0 Å². The number of ether oxygens (including phenoxy) is 1. The van der Waals surface area contributed by atoms with E-state index in [1.54, 1.807) is 0 Å². The average Bonchev–Trinajstić information content (AvgIpc) is 2.39. The van der Waals surface area contributed by atoms with Crippen molar-refractivity contribution in [1.82, 2.24) is 5.32 Å². The minimum Gasteiger partial charge on any atom is -0.481 e. The molecule has 1 atom stereocenters. The zero-order valence-corrected chi connectivity index (χ0v) is 11.4. The number of urea groups is 1. The molecule has 1 aromatic rings. The summed E-state index contributed by atoms with van der Waals surface area (Å²) in [6, 6.07) is 3.52. The van der Waals surface area contributed by atoms with E-state index in [1.165, 1.54) is 25.3 Å². The molecule has 1 rings (SSSR count). The molecule has 110 valence electrons. The Morgan fingerprint density at radius 1 is 1.50 bits per heavy atom. The van der Waals surface area contributed by atoms with E-state index in [0.29, 0.717) is 0 Å². The number of carboxylic acid groups (broad SMARTS) is 1. The van der Waals surface area contributed by atoms with Crippen molar-refractivity contribution in [1.29, 1.82) is 0 Å². The Balaban J connectivity index is 2.51. The van der Waals surface area contributed by atoms with E-state index < -0.39 is 23.9 Å². The van der Waals surface area contributed by atoms with Crippen LogP contribution in [0.1, 0.15) is 6.42 Å². The molecule has 1 aromatic carbocycles. The van der Waals surface area contributed by atoms with Gasteiger partial charge in [-0.1, -0.05) is 17.7 Å². The van der Waals surface area contributed by atoms with Gasteiger partial charge in [0.1, 0.15) is 0 Å². The minimum absolute atomic E-state index is 0.0170. The van der Waals surface area contributed by atoms with Crippen LogP contribution in [0.15, 0.2) is 18.2 Å². The van der Waals surface area contributed by atoms with Crippen LogP contribution in [0.25, 0.3) is 0 Å². The number of halogens is 2. The number of rotatable bonds is 6. The summed E-state index contributed by atoms with van der Waals surface area (Å²) in [7, 11) is 1.34. The largest absolute Gasteiger partial charge is 0.481 e. The Hall–Kier alpha value is -1.86. The van der Waals surface area contributed by atoms with Crippen LogP contribution in [0.4, 0.5) is 14.9 Å². The Morgan fingerprint density at radius 2 is 2.20 bits per heavy atom. The second-order valence-electron chi connectivity index (χ2n) is 3.89. The van der Waals surface area contributed by atoms with Gasteiger partial charge >= 0.3 is 12.0 Å². The standard InChI is InChI=1S/C12H14ClFN2O4/c1-20-7(5-10(17)18)6-15-12(19)16-9-4-2-3-8(13)11(9)14/h2-4,7H,5-6H2,1H3,(H,17,18)(H2,15,16,19). The maximum absolute atomic E-state index is 13.5. The Morgan fingerprint density at radius 3 is 2.80 bits per heavy atom. The molecule has 0 radical (unpaired) electrons. The molecule has 0 aromatic heterocycles. The highest BCUT2D eigenvalue weighted by molar-refractivity contribution is 6.31. The van der Waals surface area contributed by atoms with Gasteiger partial charge in [0.15, 0.2) is 5.82 Å². The van der Waals surface area contributed by atoms with Crippen LogP contribution in [-0.2, 0) is 9.53 Å². The Labute approximate surface area is 119 Å². The molecule has 3 N–H and O–H groups in total. The molecule has 0 spiro atoms. The third-order valence-corrected chi connectivity index (χ3v) is 2.72. The Kier molecular flexibility index (Phi) is 6.20. The number of hydrogen-bond acceptors (Lipinski definition) is 3. The lowest BCUT2D eigenvalue weighted by atomic mass is 10.2. The molecule has 0 saturated heterocycles. The normalized spacial score (nSPS) is 11.8. The Bertz CT molecular complexity index is 498. The van der Waals surface area contributed by atoms with E-state index in [0.717, 1.165) is 0 Å². The van der Waals surface area contributed by atoms with Crippen LogP contribution >= 0.6 is 11.6 Å². The van der Waals surface area contributed by atoms with Gasteiger partial charge in [-0.3, -0.25) is 4.79 Å². The highest BCUT2D eigenvalue weighted by atomic mass is 35.5. The maximum Gasteiger partial charge on any atom is 0.319 e. The van der Waals surface area contributed by atoms with Gasteiger partial charge < -0.3 is 20.5 Å². The van der Waals surface area contributed by atoms with Crippen LogP contribution in [0.5, 0.6) is 0 Å². The molecule has 0 aliphatic carbocycles. The van der Waals surface area contributed by atoms with E-state index in [1.807, 2.05) is 0 Å². The number of amides is 2. The molecule has 0 aliphatic heterocycles. The summed E-state index contributed by atoms with van der Waals surface area (Å²) in [6.07, 6.45) is -0.912. The van der Waals surface area contributed by atoms with E-state index in [-0.39, 0.29) is 23.7 Å². The van der Waals surface area contributed by atoms with Crippen LogP contribution in [0, 0.1) is 5.82 Å². The molecule has 6 nitrogen and oxygen atoms in total. The number of carbonyl (C=O) groups is 2. The first-order valence-corrected chi connectivity index (χ1v) is 6.05. The van der Waals surface area contributed by atoms with Gasteiger partial charge in [-0.15, -0.1) is 0 Å². The van der Waals surface area contributed by atoms with Gasteiger partial charge in [0, 0.05) is 13.7 Å². The van der Waals surface area contributed by atoms with Crippen LogP contribution in [0.2, 0.25) is 5.02 Å². The zero-order valence-electron chi connectivity index (χ0n) is 10.7. The summed E-state index contributed by atoms with van der Waals surface area (Å²) < 4.78 is 18.4. The number of carbonyl (C=O) groups excluding carboxylic acids is 1. The predicted octanol–water partition coefficient (Wildman–Crippen LogP) is 2.09. The zero-order chi connectivity index (χ0) is 15.1. The van der Waals surface area contributed by atoms with Crippen LogP contribution < -0.4 is 10.6 Å². The summed E-state index contributed by atoms with van der Waals surface area (Å²) in [5.41, 5.74) is -0.0674. The topological polar surface area (TPSA) is 87.7 Å². The summed E-state index contributed by atoms with van der Waals surface area (Å²) in [6.45, 7) is -0.0170. The first-order valence-electron chi connectivity index (χ1n) is 5.67. The second kappa shape index (κ2) is 7.66. The lowest BCUT2D eigenvalue weighted by molar-refractivity contribution is -0.139. The smallest absolute Gasteiger partial charge is 0.319 e. The molecule has 0 saturated carbocycles.